The quantitative estimate of drug-likeness (QED) is 0.722. The average molecular weight is 353 g/mol. The lowest BCUT2D eigenvalue weighted by molar-refractivity contribution is 0.476. The summed E-state index contributed by atoms with van der Waals surface area (Å²) in [7, 11) is -4.38. The largest absolute Gasteiger partial charge is 0.508 e. The Morgan fingerprint density at radius 1 is 1.04 bits per heavy atom. The summed E-state index contributed by atoms with van der Waals surface area (Å²) in [5, 5.41) is 9.66. The van der Waals surface area contributed by atoms with Gasteiger partial charge in [-0.25, -0.2) is 13.2 Å². The van der Waals surface area contributed by atoms with Crippen LogP contribution in [-0.4, -0.2) is 22.5 Å². The van der Waals surface area contributed by atoms with Crippen molar-refractivity contribution in [3.05, 3.63) is 68.3 Å². The SMILES string of the molecule is O=c1[nH]c2cc(O)ccc2c(=O)n1S(=O)(=O)c1ccc(Cl)cc1. The van der Waals surface area contributed by atoms with Gasteiger partial charge in [0, 0.05) is 11.1 Å². The monoisotopic (exact) mass is 352 g/mol. The minimum absolute atomic E-state index is 0.0417. The summed E-state index contributed by atoms with van der Waals surface area (Å²) in [5.41, 5.74) is -2.08. The van der Waals surface area contributed by atoms with Crippen LogP contribution in [0.25, 0.3) is 10.9 Å². The first-order chi connectivity index (χ1) is 10.8. The standard InChI is InChI=1S/C14H9ClN2O5S/c15-8-1-4-10(5-2-8)23(21,22)17-13(19)11-6-3-9(18)7-12(11)16-14(17)20/h1-7,18H,(H,16,20). The molecule has 0 saturated heterocycles. The maximum absolute atomic E-state index is 12.5. The van der Waals surface area contributed by atoms with Gasteiger partial charge < -0.3 is 10.1 Å². The number of phenolic OH excluding ortho intramolecular Hbond substituents is 1. The molecule has 0 amide bonds. The molecule has 1 heterocycles. The topological polar surface area (TPSA) is 109 Å². The first kappa shape index (κ1) is 15.3. The van der Waals surface area contributed by atoms with Crippen LogP contribution in [0.2, 0.25) is 5.02 Å². The van der Waals surface area contributed by atoms with E-state index < -0.39 is 21.3 Å². The lowest BCUT2D eigenvalue weighted by atomic mass is 10.2. The van der Waals surface area contributed by atoms with Gasteiger partial charge in [0.1, 0.15) is 5.75 Å². The van der Waals surface area contributed by atoms with Gasteiger partial charge in [0.2, 0.25) is 0 Å². The highest BCUT2D eigenvalue weighted by atomic mass is 35.5. The van der Waals surface area contributed by atoms with Gasteiger partial charge in [-0.1, -0.05) is 11.6 Å². The van der Waals surface area contributed by atoms with E-state index in [2.05, 4.69) is 4.98 Å². The molecule has 0 bridgehead atoms. The van der Waals surface area contributed by atoms with Crippen molar-refractivity contribution in [3.63, 3.8) is 0 Å². The van der Waals surface area contributed by atoms with Crippen LogP contribution in [-0.2, 0) is 10.0 Å². The Balaban J connectivity index is 2.36. The zero-order chi connectivity index (χ0) is 16.8. The van der Waals surface area contributed by atoms with Gasteiger partial charge in [0.05, 0.1) is 15.8 Å². The normalized spacial score (nSPS) is 11.7. The highest BCUT2D eigenvalue weighted by molar-refractivity contribution is 7.90. The van der Waals surface area contributed by atoms with E-state index in [4.69, 9.17) is 11.6 Å². The Morgan fingerprint density at radius 2 is 1.70 bits per heavy atom. The molecule has 0 aliphatic heterocycles. The molecular formula is C14H9ClN2O5S. The Morgan fingerprint density at radius 3 is 2.35 bits per heavy atom. The molecule has 0 atom stereocenters. The number of nitrogens with one attached hydrogen (secondary N) is 1. The number of halogens is 1. The first-order valence-electron chi connectivity index (χ1n) is 6.30. The number of nitrogens with zero attached hydrogens (tertiary/aromatic N) is 1. The van der Waals surface area contributed by atoms with Crippen molar-refractivity contribution < 1.29 is 13.5 Å². The van der Waals surface area contributed by atoms with Crippen LogP contribution in [0.3, 0.4) is 0 Å². The summed E-state index contributed by atoms with van der Waals surface area (Å²) in [6, 6.07) is 8.70. The van der Waals surface area contributed by atoms with Crippen molar-refractivity contribution in [2.24, 2.45) is 0 Å². The molecule has 0 aliphatic carbocycles. The number of aromatic hydroxyl groups is 1. The Kier molecular flexibility index (Phi) is 3.50. The average Bonchev–Trinajstić information content (AvgIpc) is 2.46. The second-order valence-electron chi connectivity index (χ2n) is 4.69. The molecule has 1 aromatic heterocycles. The number of hydrogen-bond acceptors (Lipinski definition) is 5. The van der Waals surface area contributed by atoms with Gasteiger partial charge in [0.15, 0.2) is 0 Å². The number of rotatable bonds is 2. The predicted octanol–water partition coefficient (Wildman–Crippen LogP) is 1.29. The molecule has 7 nitrogen and oxygen atoms in total. The zero-order valence-electron chi connectivity index (χ0n) is 11.4. The molecule has 0 saturated carbocycles. The van der Waals surface area contributed by atoms with Crippen LogP contribution in [0.1, 0.15) is 0 Å². The van der Waals surface area contributed by atoms with Crippen LogP contribution in [0.5, 0.6) is 5.75 Å². The highest BCUT2D eigenvalue weighted by Crippen LogP contribution is 2.17. The summed E-state index contributed by atoms with van der Waals surface area (Å²) in [4.78, 5) is 26.5. The molecular weight excluding hydrogens is 344 g/mol. The Bertz CT molecular complexity index is 1130. The maximum atomic E-state index is 12.5. The van der Waals surface area contributed by atoms with E-state index in [-0.39, 0.29) is 25.5 Å². The van der Waals surface area contributed by atoms with Gasteiger partial charge in [-0.2, -0.15) is 0 Å². The fourth-order valence-corrected chi connectivity index (χ4v) is 3.52. The molecule has 3 rings (SSSR count). The van der Waals surface area contributed by atoms with Gasteiger partial charge in [0.25, 0.3) is 15.6 Å². The van der Waals surface area contributed by atoms with Crippen molar-refractivity contribution in [1.29, 1.82) is 0 Å². The molecule has 2 aromatic carbocycles. The molecule has 118 valence electrons. The van der Waals surface area contributed by atoms with Crippen LogP contribution in [0, 0.1) is 0 Å². The molecule has 9 heteroatoms. The van der Waals surface area contributed by atoms with Crippen molar-refractivity contribution in [1.82, 2.24) is 8.96 Å². The fourth-order valence-electron chi connectivity index (χ4n) is 2.12. The third-order valence-corrected chi connectivity index (χ3v) is 5.13. The number of benzene rings is 2. The van der Waals surface area contributed by atoms with Crippen LogP contribution >= 0.6 is 11.6 Å². The molecule has 0 spiro atoms. The minimum Gasteiger partial charge on any atom is -0.508 e. The first-order valence-corrected chi connectivity index (χ1v) is 8.12. The molecule has 0 radical (unpaired) electrons. The van der Waals surface area contributed by atoms with Gasteiger partial charge >= 0.3 is 5.69 Å². The summed E-state index contributed by atoms with van der Waals surface area (Å²) in [5.74, 6) is -0.161. The van der Waals surface area contributed by atoms with E-state index in [9.17, 15) is 23.1 Å². The lowest BCUT2D eigenvalue weighted by Gasteiger charge is -2.08. The van der Waals surface area contributed by atoms with Gasteiger partial charge in [-0.15, -0.1) is 3.97 Å². The van der Waals surface area contributed by atoms with E-state index in [0.717, 1.165) is 6.07 Å². The zero-order valence-corrected chi connectivity index (χ0v) is 12.9. The van der Waals surface area contributed by atoms with Crippen LogP contribution in [0.4, 0.5) is 0 Å². The van der Waals surface area contributed by atoms with Gasteiger partial charge in [-0.3, -0.25) is 4.79 Å². The number of aromatic amines is 1. The third-order valence-electron chi connectivity index (χ3n) is 3.20. The highest BCUT2D eigenvalue weighted by Gasteiger charge is 2.23. The van der Waals surface area contributed by atoms with E-state index in [0.29, 0.717) is 5.02 Å². The molecule has 23 heavy (non-hydrogen) atoms. The van der Waals surface area contributed by atoms with E-state index >= 15 is 0 Å². The summed E-state index contributed by atoms with van der Waals surface area (Å²) < 4.78 is 25.2. The molecule has 0 unspecified atom stereocenters. The number of hydrogen-bond donors (Lipinski definition) is 2. The smallest absolute Gasteiger partial charge is 0.343 e. The molecule has 0 aliphatic rings. The number of H-pyrrole nitrogens is 1. The summed E-state index contributed by atoms with van der Waals surface area (Å²) in [6.45, 7) is 0. The van der Waals surface area contributed by atoms with E-state index in [1.165, 1.54) is 36.4 Å². The molecule has 2 N–H and O–H groups in total. The lowest BCUT2D eigenvalue weighted by Crippen LogP contribution is -2.39. The van der Waals surface area contributed by atoms with Crippen molar-refractivity contribution >= 4 is 32.5 Å². The van der Waals surface area contributed by atoms with Crippen molar-refractivity contribution in [2.75, 3.05) is 0 Å². The fraction of sp³-hybridized carbons (Fsp3) is 0. The predicted molar refractivity (Wildman–Crippen MR) is 84.5 cm³/mol. The minimum atomic E-state index is -4.38. The van der Waals surface area contributed by atoms with Crippen molar-refractivity contribution in [3.8, 4) is 5.75 Å². The molecule has 0 fully saturated rings. The van der Waals surface area contributed by atoms with E-state index in [1.54, 1.807) is 0 Å². The Hall–Kier alpha value is -2.58. The van der Waals surface area contributed by atoms with Gasteiger partial charge in [-0.05, 0) is 36.4 Å². The Labute approximate surface area is 134 Å². The third kappa shape index (κ3) is 2.51. The second-order valence-corrected chi connectivity index (χ2v) is 6.91. The maximum Gasteiger partial charge on any atom is 0.343 e. The second kappa shape index (κ2) is 5.25. The number of fused-ring (bicyclic) bond motifs is 1. The number of aromatic nitrogens is 2. The molecule has 3 aromatic rings. The number of phenols is 1. The van der Waals surface area contributed by atoms with Crippen LogP contribution < -0.4 is 11.2 Å². The van der Waals surface area contributed by atoms with Crippen LogP contribution in [0.15, 0.2) is 56.9 Å². The summed E-state index contributed by atoms with van der Waals surface area (Å²) >= 11 is 5.71. The van der Waals surface area contributed by atoms with E-state index in [1.807, 2.05) is 0 Å². The summed E-state index contributed by atoms with van der Waals surface area (Å²) in [6.07, 6.45) is 0. The van der Waals surface area contributed by atoms with Crippen molar-refractivity contribution in [2.45, 2.75) is 4.90 Å².